The van der Waals surface area contributed by atoms with Crippen molar-refractivity contribution in [3.8, 4) is 0 Å². The predicted molar refractivity (Wildman–Crippen MR) is 70.7 cm³/mol. The molecule has 0 amide bonds. The summed E-state index contributed by atoms with van der Waals surface area (Å²) < 4.78 is 18.9. The third-order valence-corrected chi connectivity index (χ3v) is 3.82. The minimum atomic E-state index is -0.331. The van der Waals surface area contributed by atoms with Crippen LogP contribution in [0.2, 0.25) is 0 Å². The maximum absolute atomic E-state index is 13.4. The smallest absolute Gasteiger partial charge is 0.169 e. The molecule has 0 aliphatic heterocycles. The number of fused-ring (bicyclic) bond motifs is 1. The summed E-state index contributed by atoms with van der Waals surface area (Å²) in [5.74, 6) is 2.22. The molecule has 1 atom stereocenters. The van der Waals surface area contributed by atoms with Gasteiger partial charge < -0.3 is 10.2 Å². The van der Waals surface area contributed by atoms with Crippen LogP contribution >= 0.6 is 11.8 Å². The van der Waals surface area contributed by atoms with Crippen molar-refractivity contribution in [1.82, 2.24) is 0 Å². The Morgan fingerprint density at radius 2 is 2.29 bits per heavy atom. The maximum Gasteiger partial charge on any atom is 0.169 e. The standard InChI is InChI=1S/C13H16FNOS/c1-2-6-17-8-11(15)12-7-9-4-3-5-10(14)13(9)16-12/h3-5,7,11H,2,6,8,15H2,1H3. The first-order valence-electron chi connectivity index (χ1n) is 5.73. The van der Waals surface area contributed by atoms with E-state index in [4.69, 9.17) is 10.2 Å². The average Bonchev–Trinajstić information content (AvgIpc) is 2.75. The van der Waals surface area contributed by atoms with Crippen LogP contribution in [-0.2, 0) is 0 Å². The lowest BCUT2D eigenvalue weighted by molar-refractivity contribution is 0.495. The van der Waals surface area contributed by atoms with Crippen molar-refractivity contribution in [3.05, 3.63) is 35.8 Å². The van der Waals surface area contributed by atoms with E-state index in [0.717, 1.165) is 23.3 Å². The minimum Gasteiger partial charge on any atom is -0.456 e. The molecule has 0 aliphatic rings. The van der Waals surface area contributed by atoms with E-state index in [1.54, 1.807) is 17.8 Å². The molecule has 0 spiro atoms. The van der Waals surface area contributed by atoms with Gasteiger partial charge in [-0.1, -0.05) is 19.1 Å². The van der Waals surface area contributed by atoms with Crippen molar-refractivity contribution in [1.29, 1.82) is 0 Å². The topological polar surface area (TPSA) is 39.2 Å². The minimum absolute atomic E-state index is 0.168. The quantitative estimate of drug-likeness (QED) is 0.825. The molecule has 2 rings (SSSR count). The molecule has 1 aromatic carbocycles. The molecule has 2 N–H and O–H groups in total. The van der Waals surface area contributed by atoms with Crippen molar-refractivity contribution in [2.45, 2.75) is 19.4 Å². The number of hydrogen-bond acceptors (Lipinski definition) is 3. The Morgan fingerprint density at radius 3 is 3.00 bits per heavy atom. The van der Waals surface area contributed by atoms with Crippen LogP contribution < -0.4 is 5.73 Å². The summed E-state index contributed by atoms with van der Waals surface area (Å²) in [4.78, 5) is 0. The van der Waals surface area contributed by atoms with E-state index in [1.807, 2.05) is 12.1 Å². The molecular weight excluding hydrogens is 237 g/mol. The van der Waals surface area contributed by atoms with Crippen molar-refractivity contribution < 1.29 is 8.81 Å². The van der Waals surface area contributed by atoms with E-state index in [-0.39, 0.29) is 11.9 Å². The predicted octanol–water partition coefficient (Wildman–Crippen LogP) is 3.71. The maximum atomic E-state index is 13.4. The van der Waals surface area contributed by atoms with E-state index in [0.29, 0.717) is 11.3 Å². The Kier molecular flexibility index (Phi) is 4.07. The van der Waals surface area contributed by atoms with Crippen LogP contribution in [0.25, 0.3) is 11.0 Å². The van der Waals surface area contributed by atoms with Crippen molar-refractivity contribution in [3.63, 3.8) is 0 Å². The largest absolute Gasteiger partial charge is 0.456 e. The Balaban J connectivity index is 2.16. The van der Waals surface area contributed by atoms with Gasteiger partial charge in [0.05, 0.1) is 6.04 Å². The van der Waals surface area contributed by atoms with Crippen LogP contribution in [-0.4, -0.2) is 11.5 Å². The third kappa shape index (κ3) is 2.82. The molecule has 0 radical (unpaired) electrons. The van der Waals surface area contributed by atoms with Gasteiger partial charge >= 0.3 is 0 Å². The molecule has 1 heterocycles. The summed E-state index contributed by atoms with van der Waals surface area (Å²) in [5.41, 5.74) is 6.32. The SMILES string of the molecule is CCCSCC(N)c1cc2cccc(F)c2o1. The Bertz CT molecular complexity index is 497. The molecule has 0 saturated heterocycles. The first-order chi connectivity index (χ1) is 8.22. The van der Waals surface area contributed by atoms with Gasteiger partial charge in [-0.2, -0.15) is 11.8 Å². The van der Waals surface area contributed by atoms with Crippen molar-refractivity contribution in [2.24, 2.45) is 5.73 Å². The first kappa shape index (κ1) is 12.5. The molecule has 2 nitrogen and oxygen atoms in total. The van der Waals surface area contributed by atoms with Crippen LogP contribution in [0.1, 0.15) is 25.1 Å². The Hall–Kier alpha value is -1.00. The number of furan rings is 1. The molecule has 92 valence electrons. The fraction of sp³-hybridized carbons (Fsp3) is 0.385. The summed E-state index contributed by atoms with van der Waals surface area (Å²) in [6.45, 7) is 2.13. The second kappa shape index (κ2) is 5.56. The number of thioether (sulfide) groups is 1. The van der Waals surface area contributed by atoms with Gasteiger partial charge in [-0.05, 0) is 24.3 Å². The van der Waals surface area contributed by atoms with Gasteiger partial charge in [-0.3, -0.25) is 0 Å². The lowest BCUT2D eigenvalue weighted by atomic mass is 10.2. The fourth-order valence-corrected chi connectivity index (χ4v) is 2.54. The zero-order valence-corrected chi connectivity index (χ0v) is 10.6. The van der Waals surface area contributed by atoms with Gasteiger partial charge in [0.1, 0.15) is 5.76 Å². The number of rotatable bonds is 5. The Morgan fingerprint density at radius 1 is 1.47 bits per heavy atom. The number of hydrogen-bond donors (Lipinski definition) is 1. The van der Waals surface area contributed by atoms with E-state index >= 15 is 0 Å². The van der Waals surface area contributed by atoms with E-state index < -0.39 is 0 Å². The number of halogens is 1. The molecule has 0 fully saturated rings. The normalized spacial score (nSPS) is 13.1. The number of benzene rings is 1. The second-order valence-corrected chi connectivity index (χ2v) is 5.14. The molecule has 4 heteroatoms. The molecule has 2 aromatic rings. The highest BCUT2D eigenvalue weighted by Gasteiger charge is 2.13. The molecule has 1 unspecified atom stereocenters. The summed E-state index contributed by atoms with van der Waals surface area (Å²) in [5, 5.41) is 0.774. The summed E-state index contributed by atoms with van der Waals surface area (Å²) in [6, 6.07) is 6.56. The highest BCUT2D eigenvalue weighted by molar-refractivity contribution is 7.99. The molecule has 1 aromatic heterocycles. The molecule has 0 bridgehead atoms. The average molecular weight is 253 g/mol. The fourth-order valence-electron chi connectivity index (χ4n) is 1.67. The van der Waals surface area contributed by atoms with E-state index in [9.17, 15) is 4.39 Å². The van der Waals surface area contributed by atoms with Gasteiger partial charge in [-0.15, -0.1) is 0 Å². The zero-order valence-electron chi connectivity index (χ0n) is 9.78. The van der Waals surface area contributed by atoms with Crippen LogP contribution in [0.15, 0.2) is 28.7 Å². The van der Waals surface area contributed by atoms with Gasteiger partial charge in [0, 0.05) is 11.1 Å². The van der Waals surface area contributed by atoms with Crippen LogP contribution in [0.5, 0.6) is 0 Å². The summed E-state index contributed by atoms with van der Waals surface area (Å²) in [7, 11) is 0. The van der Waals surface area contributed by atoms with Gasteiger partial charge in [0.25, 0.3) is 0 Å². The summed E-state index contributed by atoms with van der Waals surface area (Å²) in [6.07, 6.45) is 1.13. The van der Waals surface area contributed by atoms with Crippen LogP contribution in [0.4, 0.5) is 4.39 Å². The number of nitrogens with two attached hydrogens (primary N) is 1. The lowest BCUT2D eigenvalue weighted by Crippen LogP contribution is -2.12. The van der Waals surface area contributed by atoms with Crippen molar-refractivity contribution in [2.75, 3.05) is 11.5 Å². The monoisotopic (exact) mass is 253 g/mol. The van der Waals surface area contributed by atoms with Crippen LogP contribution in [0.3, 0.4) is 0 Å². The van der Waals surface area contributed by atoms with Gasteiger partial charge in [0.2, 0.25) is 0 Å². The van der Waals surface area contributed by atoms with Crippen molar-refractivity contribution >= 4 is 22.7 Å². The van der Waals surface area contributed by atoms with Gasteiger partial charge in [0.15, 0.2) is 11.4 Å². The molecule has 17 heavy (non-hydrogen) atoms. The lowest BCUT2D eigenvalue weighted by Gasteiger charge is -2.06. The second-order valence-electron chi connectivity index (χ2n) is 3.99. The van der Waals surface area contributed by atoms with Crippen LogP contribution in [0, 0.1) is 5.82 Å². The van der Waals surface area contributed by atoms with E-state index in [1.165, 1.54) is 6.07 Å². The molecule has 0 aliphatic carbocycles. The molecule has 0 saturated carbocycles. The highest BCUT2D eigenvalue weighted by atomic mass is 32.2. The first-order valence-corrected chi connectivity index (χ1v) is 6.89. The van der Waals surface area contributed by atoms with E-state index in [2.05, 4.69) is 6.92 Å². The van der Waals surface area contributed by atoms with Gasteiger partial charge in [-0.25, -0.2) is 4.39 Å². The highest BCUT2D eigenvalue weighted by Crippen LogP contribution is 2.26. The number of para-hydroxylation sites is 1. The molecular formula is C13H16FNOS. The third-order valence-electron chi connectivity index (χ3n) is 2.53. The zero-order chi connectivity index (χ0) is 12.3. The summed E-state index contributed by atoms with van der Waals surface area (Å²) >= 11 is 1.79. The Labute approximate surface area is 104 Å².